The van der Waals surface area contributed by atoms with Gasteiger partial charge in [0, 0.05) is 17.6 Å². The highest BCUT2D eigenvalue weighted by Crippen LogP contribution is 2.25. The van der Waals surface area contributed by atoms with E-state index < -0.39 is 6.04 Å². The maximum Gasteiger partial charge on any atom is 0.270 e. The number of halogens is 1. The molecular formula is C21H21ClN4O3. The largest absolute Gasteiger partial charge is 0.460 e. The maximum absolute atomic E-state index is 13.1. The van der Waals surface area contributed by atoms with Crippen molar-refractivity contribution in [2.45, 2.75) is 32.2 Å². The zero-order valence-corrected chi connectivity index (χ0v) is 16.7. The van der Waals surface area contributed by atoms with Crippen LogP contribution in [-0.2, 0) is 4.79 Å². The lowest BCUT2D eigenvalue weighted by atomic mass is 10.1. The summed E-state index contributed by atoms with van der Waals surface area (Å²) in [7, 11) is 0. The topological polar surface area (TPSA) is 89.2 Å². The minimum absolute atomic E-state index is 0.161. The van der Waals surface area contributed by atoms with E-state index in [-0.39, 0.29) is 11.8 Å². The fourth-order valence-electron chi connectivity index (χ4n) is 3.35. The number of benzene rings is 1. The lowest BCUT2D eigenvalue weighted by molar-refractivity contribution is -0.122. The molecule has 29 heavy (non-hydrogen) atoms. The molecule has 1 unspecified atom stereocenters. The van der Waals surface area contributed by atoms with Gasteiger partial charge in [-0.2, -0.15) is 5.10 Å². The quantitative estimate of drug-likeness (QED) is 0.686. The number of aromatic nitrogens is 2. The summed E-state index contributed by atoms with van der Waals surface area (Å²) in [6.07, 6.45) is 2.38. The maximum atomic E-state index is 13.1. The van der Waals surface area contributed by atoms with Crippen LogP contribution in [0.25, 0.3) is 17.1 Å². The molecule has 2 N–H and O–H groups in total. The van der Waals surface area contributed by atoms with Crippen LogP contribution in [0.4, 0.5) is 0 Å². The number of hydrogen-bond acceptors (Lipinski definition) is 4. The molecule has 0 radical (unpaired) electrons. The van der Waals surface area contributed by atoms with Crippen LogP contribution in [-0.4, -0.2) is 34.2 Å². The van der Waals surface area contributed by atoms with Crippen LogP contribution in [0.15, 0.2) is 46.9 Å². The van der Waals surface area contributed by atoms with E-state index in [1.807, 2.05) is 19.1 Å². The Bertz CT molecular complexity index is 1060. The Hall–Kier alpha value is -3.06. The van der Waals surface area contributed by atoms with Crippen LogP contribution in [0.1, 0.15) is 35.5 Å². The molecule has 1 aliphatic rings. The minimum Gasteiger partial charge on any atom is -0.460 e. The summed E-state index contributed by atoms with van der Waals surface area (Å²) >= 11 is 6.13. The summed E-state index contributed by atoms with van der Waals surface area (Å²) in [6.45, 7) is 2.48. The van der Waals surface area contributed by atoms with Crippen molar-refractivity contribution in [2.24, 2.45) is 0 Å². The second-order valence-corrected chi connectivity index (χ2v) is 7.47. The number of carbonyl (C=O) groups excluding carboxylic acids is 2. The third-order valence-electron chi connectivity index (χ3n) is 4.83. The average molecular weight is 413 g/mol. The highest BCUT2D eigenvalue weighted by molar-refractivity contribution is 6.30. The van der Waals surface area contributed by atoms with Crippen molar-refractivity contribution in [3.05, 3.63) is 58.9 Å². The van der Waals surface area contributed by atoms with Gasteiger partial charge in [-0.3, -0.25) is 9.59 Å². The van der Waals surface area contributed by atoms with Gasteiger partial charge >= 0.3 is 0 Å². The van der Waals surface area contributed by atoms with Gasteiger partial charge in [0.15, 0.2) is 5.76 Å². The molecule has 7 nitrogen and oxygen atoms in total. The normalized spacial score (nSPS) is 16.9. The Morgan fingerprint density at radius 1 is 1.28 bits per heavy atom. The van der Waals surface area contributed by atoms with Crippen molar-refractivity contribution in [2.75, 3.05) is 6.54 Å². The molecule has 4 rings (SSSR count). The summed E-state index contributed by atoms with van der Waals surface area (Å²) in [5.41, 5.74) is 1.46. The smallest absolute Gasteiger partial charge is 0.270 e. The van der Waals surface area contributed by atoms with Crippen LogP contribution in [0.5, 0.6) is 0 Å². The lowest BCUT2D eigenvalue weighted by Crippen LogP contribution is -2.45. The molecular weight excluding hydrogens is 392 g/mol. The van der Waals surface area contributed by atoms with E-state index in [1.165, 1.54) is 4.68 Å². The van der Waals surface area contributed by atoms with Gasteiger partial charge in [-0.05, 0) is 56.5 Å². The fourth-order valence-corrected chi connectivity index (χ4v) is 3.53. The van der Waals surface area contributed by atoms with Gasteiger partial charge in [0.05, 0.1) is 5.69 Å². The molecule has 1 atom stereocenters. The van der Waals surface area contributed by atoms with Crippen LogP contribution in [0, 0.1) is 6.92 Å². The predicted octanol–water partition coefficient (Wildman–Crippen LogP) is 3.49. The molecule has 2 amide bonds. The van der Waals surface area contributed by atoms with Crippen molar-refractivity contribution in [3.63, 3.8) is 0 Å². The highest BCUT2D eigenvalue weighted by atomic mass is 35.5. The summed E-state index contributed by atoms with van der Waals surface area (Å²) < 4.78 is 7.18. The van der Waals surface area contributed by atoms with Crippen LogP contribution >= 0.6 is 11.6 Å². The van der Waals surface area contributed by atoms with E-state index in [9.17, 15) is 9.59 Å². The number of carbonyl (C=O) groups is 2. The van der Waals surface area contributed by atoms with Gasteiger partial charge in [-0.25, -0.2) is 4.68 Å². The Balaban J connectivity index is 1.71. The summed E-state index contributed by atoms with van der Waals surface area (Å²) in [4.78, 5) is 25.3. The third-order valence-corrected chi connectivity index (χ3v) is 5.06. The zero-order valence-electron chi connectivity index (χ0n) is 15.9. The Kier molecular flexibility index (Phi) is 5.40. The first kappa shape index (κ1) is 19.3. The molecule has 0 spiro atoms. The van der Waals surface area contributed by atoms with Gasteiger partial charge in [0.2, 0.25) is 5.91 Å². The molecule has 8 heteroatoms. The number of amides is 2. The van der Waals surface area contributed by atoms with E-state index in [2.05, 4.69) is 15.7 Å². The summed E-state index contributed by atoms with van der Waals surface area (Å²) in [5.74, 6) is 0.767. The zero-order chi connectivity index (χ0) is 20.4. The van der Waals surface area contributed by atoms with Crippen molar-refractivity contribution in [1.82, 2.24) is 20.4 Å². The highest BCUT2D eigenvalue weighted by Gasteiger charge is 2.26. The van der Waals surface area contributed by atoms with Crippen molar-refractivity contribution < 1.29 is 14.0 Å². The second kappa shape index (κ2) is 8.13. The van der Waals surface area contributed by atoms with Crippen molar-refractivity contribution in [3.8, 4) is 17.1 Å². The SMILES string of the molecule is Cc1ccc(-c2cc(C(=O)NC3CCCCNC3=O)n(-c3cccc(Cl)c3)n2)o1. The number of aryl methyl sites for hydroxylation is 1. The van der Waals surface area contributed by atoms with E-state index in [1.54, 1.807) is 30.3 Å². The molecule has 1 saturated heterocycles. The first-order valence-electron chi connectivity index (χ1n) is 9.52. The van der Waals surface area contributed by atoms with Crippen molar-refractivity contribution in [1.29, 1.82) is 0 Å². The molecule has 0 aliphatic carbocycles. The molecule has 150 valence electrons. The van der Waals surface area contributed by atoms with Crippen LogP contribution in [0.3, 0.4) is 0 Å². The van der Waals surface area contributed by atoms with Crippen molar-refractivity contribution >= 4 is 23.4 Å². The monoisotopic (exact) mass is 412 g/mol. The van der Waals surface area contributed by atoms with E-state index in [4.69, 9.17) is 16.0 Å². The number of rotatable bonds is 4. The molecule has 3 heterocycles. The first-order chi connectivity index (χ1) is 14.0. The number of furan rings is 1. The Morgan fingerprint density at radius 3 is 2.90 bits per heavy atom. The van der Waals surface area contributed by atoms with Crippen LogP contribution in [0.2, 0.25) is 5.02 Å². The molecule has 0 bridgehead atoms. The Labute approximate surface area is 173 Å². The predicted molar refractivity (Wildman–Crippen MR) is 109 cm³/mol. The molecule has 1 aliphatic heterocycles. The molecule has 3 aromatic rings. The fraction of sp³-hybridized carbons (Fsp3) is 0.286. The molecule has 1 fully saturated rings. The Morgan fingerprint density at radius 2 is 2.14 bits per heavy atom. The minimum atomic E-state index is -0.568. The van der Waals surface area contributed by atoms with E-state index >= 15 is 0 Å². The van der Waals surface area contributed by atoms with Gasteiger partial charge in [-0.1, -0.05) is 17.7 Å². The average Bonchev–Trinajstić information content (AvgIpc) is 3.28. The molecule has 2 aromatic heterocycles. The van der Waals surface area contributed by atoms with E-state index in [0.29, 0.717) is 40.8 Å². The van der Waals surface area contributed by atoms with Gasteiger partial charge < -0.3 is 15.1 Å². The molecule has 1 aromatic carbocycles. The number of nitrogens with one attached hydrogen (secondary N) is 2. The molecule has 0 saturated carbocycles. The number of nitrogens with zero attached hydrogens (tertiary/aromatic N) is 2. The van der Waals surface area contributed by atoms with Crippen LogP contribution < -0.4 is 10.6 Å². The summed E-state index contributed by atoms with van der Waals surface area (Å²) in [6, 6.07) is 11.8. The van der Waals surface area contributed by atoms with Gasteiger partial charge in [0.25, 0.3) is 5.91 Å². The van der Waals surface area contributed by atoms with Gasteiger partial charge in [0.1, 0.15) is 23.2 Å². The number of hydrogen-bond donors (Lipinski definition) is 2. The van der Waals surface area contributed by atoms with Gasteiger partial charge in [-0.15, -0.1) is 0 Å². The first-order valence-corrected chi connectivity index (χ1v) is 9.90. The van der Waals surface area contributed by atoms with E-state index in [0.717, 1.165) is 18.6 Å². The lowest BCUT2D eigenvalue weighted by Gasteiger charge is -2.15. The third kappa shape index (κ3) is 4.19. The standard InChI is InChI=1S/C21H21ClN4O3/c1-13-8-9-19(29-13)17-12-18(26(25-17)15-6-4-5-14(22)11-15)21(28)24-16-7-2-3-10-23-20(16)27/h4-6,8-9,11-12,16H,2-3,7,10H2,1H3,(H,23,27)(H,24,28). The second-order valence-electron chi connectivity index (χ2n) is 7.03. The summed E-state index contributed by atoms with van der Waals surface area (Å²) in [5, 5.41) is 10.8.